The van der Waals surface area contributed by atoms with Gasteiger partial charge in [-0.05, 0) is 236 Å². The van der Waals surface area contributed by atoms with E-state index < -0.39 is 25.0 Å². The van der Waals surface area contributed by atoms with Crippen molar-refractivity contribution in [1.82, 2.24) is 24.8 Å². The Labute approximate surface area is 646 Å². The Balaban J connectivity index is 0.000000148. The largest absolute Gasteiger partial charge is 0.495 e. The van der Waals surface area contributed by atoms with E-state index in [-0.39, 0.29) is 41.3 Å². The molecule has 7 saturated heterocycles. The van der Waals surface area contributed by atoms with Crippen LogP contribution in [0.1, 0.15) is 104 Å². The molecule has 8 fully saturated rings. The zero-order chi connectivity index (χ0) is 73.5. The van der Waals surface area contributed by atoms with Gasteiger partial charge in [-0.1, -0.05) is 44.4 Å². The quantitative estimate of drug-likeness (QED) is 0.0509. The summed E-state index contributed by atoms with van der Waals surface area (Å²) in [4.78, 5) is 54.8. The summed E-state index contributed by atoms with van der Waals surface area (Å²) < 4.78 is 68.2. The average Bonchev–Trinajstić information content (AvgIpc) is 1.62. The standard InChI is InChI=1S/C27H37N5O3.C21H32BNO3.C13H18IN3O2.C9H10FIN2O.C5H2F2IN/c1-3-20-6-8-32(17-20)27(34)28-22-5-4-19(2)24(16-22)21-14-25(30-10-12-35-13-11-30)29-26(15-21)31-9-7-23(33)18-31;1-7-15-9-10-16(12-15)19(24)23-17-11-8-14(2)18(13-17)22-25-20(3,4)21(5,6)26-22;14-10-7-12(16-3-5-19-6-4-16)15-13(8-10)17-2-1-11(18)9-17;10-8-5-7(11)6-9(12-8)13-1-3-14-4-2-13;6-4-1-3(8)2-5(7)9-4/h4-5,14-16,20,23,33H,3,6-13,17-18H2,1-2H3,(H,28,34);8,11,13,15-16H,7,9-10,12H2,1-6H3,(H,23,24);7-8,11,18H,1-6,9H2;5-6H,1-4H2;1-2H/t20-,23-;;11-;;/m0.0../s1. The fourth-order valence-electron chi connectivity index (χ4n) is 13.5. The summed E-state index contributed by atoms with van der Waals surface area (Å²) in [6.45, 7) is 30.7. The summed E-state index contributed by atoms with van der Waals surface area (Å²) in [5.41, 5.74) is 6.26. The zero-order valence-corrected chi connectivity index (χ0v) is 66.9. The Morgan fingerprint density at radius 3 is 1.43 bits per heavy atom. The highest BCUT2D eigenvalue weighted by Gasteiger charge is 2.52. The number of hydrogen-bond acceptors (Lipinski definition) is 18. The molecule has 6 aromatic rings. The summed E-state index contributed by atoms with van der Waals surface area (Å²) >= 11 is 6.23. The van der Waals surface area contributed by atoms with Crippen LogP contribution in [0.5, 0.6) is 0 Å². The highest BCUT2D eigenvalue weighted by atomic mass is 127. The van der Waals surface area contributed by atoms with Gasteiger partial charge in [0.25, 0.3) is 0 Å². The Hall–Kier alpha value is -5.46. The number of carbonyl (C=O) groups is 2. The van der Waals surface area contributed by atoms with Gasteiger partial charge in [0.15, 0.2) is 0 Å². The van der Waals surface area contributed by atoms with Crippen molar-refractivity contribution >= 4 is 133 Å². The van der Waals surface area contributed by atoms with Crippen LogP contribution in [0.4, 0.5) is 58.4 Å². The van der Waals surface area contributed by atoms with Gasteiger partial charge in [-0.15, -0.1) is 0 Å². The van der Waals surface area contributed by atoms with E-state index in [1.807, 2.05) is 62.7 Å². The number of hydrogen-bond donors (Lipinski definition) is 4. The topological polar surface area (TPSA) is 216 Å². The van der Waals surface area contributed by atoms with Crippen molar-refractivity contribution in [2.45, 2.75) is 130 Å². The van der Waals surface area contributed by atoms with E-state index in [4.69, 9.17) is 33.5 Å². The first-order chi connectivity index (χ1) is 49.3. The number of halogens is 6. The molecule has 21 nitrogen and oxygen atoms in total. The number of likely N-dealkylation sites (tertiary alicyclic amines) is 1. The Bertz CT molecular complexity index is 3690. The number of anilines is 7. The van der Waals surface area contributed by atoms with Gasteiger partial charge in [-0.25, -0.2) is 19.7 Å². The number of β-amino-alcohol motifs (C(OH)–C–C–N with tert-alkyl or cyclic N) is 2. The summed E-state index contributed by atoms with van der Waals surface area (Å²) in [7, 11) is -0.409. The maximum Gasteiger partial charge on any atom is 0.495 e. The van der Waals surface area contributed by atoms with Gasteiger partial charge in [0.1, 0.15) is 29.1 Å². The number of amides is 3. The SMILES string of the molecule is CCC1CCC(C(=O)Nc2ccc(C)c(B3OC(C)(C)C(C)(C)O3)c2)C1.CC[C@H]1CCN(C(=O)Nc2ccc(C)c(-c3cc(N4CCOCC4)nc(N4CC[C@H](O)C4)c3)c2)C1.Fc1cc(I)cc(F)n1.Fc1cc(I)cc(N2CCOCC2)n1.O[C@H]1CCN(c2cc(I)cc(N3CCOCC3)n2)C1. The first-order valence-corrected chi connectivity index (χ1v) is 39.3. The Morgan fingerprint density at radius 2 is 0.961 bits per heavy atom. The van der Waals surface area contributed by atoms with Gasteiger partial charge < -0.3 is 73.8 Å². The maximum atomic E-state index is 13.0. The van der Waals surface area contributed by atoms with Crippen molar-refractivity contribution in [3.05, 3.63) is 125 Å². The molecule has 8 aliphatic rings. The lowest BCUT2D eigenvalue weighted by molar-refractivity contribution is -0.119. The van der Waals surface area contributed by atoms with Gasteiger partial charge in [-0.2, -0.15) is 18.2 Å². The molecule has 4 aromatic heterocycles. The van der Waals surface area contributed by atoms with Crippen LogP contribution < -0.4 is 40.6 Å². The normalized spacial score (nSPS) is 22.1. The third-order valence-corrected chi connectivity index (χ3v) is 22.4. The molecule has 1 saturated carbocycles. The second-order valence-electron chi connectivity index (χ2n) is 28.4. The van der Waals surface area contributed by atoms with E-state index in [1.165, 1.54) is 22.5 Å². The summed E-state index contributed by atoms with van der Waals surface area (Å²) in [5, 5.41) is 26.0. The number of pyridine rings is 4. The molecule has 3 amide bonds. The highest BCUT2D eigenvalue weighted by Crippen LogP contribution is 2.39. The van der Waals surface area contributed by atoms with Crippen LogP contribution in [-0.2, 0) is 28.3 Å². The summed E-state index contributed by atoms with van der Waals surface area (Å²) in [5.74, 6) is 4.13. The number of aromatic nitrogens is 4. The van der Waals surface area contributed by atoms with Crippen molar-refractivity contribution in [2.75, 3.05) is 153 Å². The minimum absolute atomic E-state index is 0.0220. The van der Waals surface area contributed by atoms with Crippen LogP contribution in [0.25, 0.3) is 11.1 Å². The van der Waals surface area contributed by atoms with Gasteiger partial charge in [0, 0.05) is 125 Å². The molecular formula is C75H99BF3I3N12O9. The number of nitrogens with one attached hydrogen (secondary N) is 2. The van der Waals surface area contributed by atoms with E-state index in [0.717, 1.165) is 195 Å². The fraction of sp³-hybridized carbons (Fsp3) is 0.547. The summed E-state index contributed by atoms with van der Waals surface area (Å²) in [6.07, 6.45) is 7.60. The minimum atomic E-state index is -0.778. The molecule has 2 aromatic carbocycles. The average molecular weight is 1760 g/mol. The lowest BCUT2D eigenvalue weighted by atomic mass is 9.76. The number of ether oxygens (including phenoxy) is 3. The maximum absolute atomic E-state index is 13.0. The molecule has 558 valence electrons. The first-order valence-electron chi connectivity index (χ1n) is 36.1. The van der Waals surface area contributed by atoms with Crippen LogP contribution in [0.2, 0.25) is 0 Å². The number of aryl methyl sites for hydroxylation is 2. The second-order valence-corrected chi connectivity index (χ2v) is 32.2. The van der Waals surface area contributed by atoms with Crippen molar-refractivity contribution in [1.29, 1.82) is 0 Å². The number of nitrogens with zero attached hydrogens (tertiary/aromatic N) is 10. The van der Waals surface area contributed by atoms with Crippen molar-refractivity contribution in [3.63, 3.8) is 0 Å². The molecule has 103 heavy (non-hydrogen) atoms. The van der Waals surface area contributed by atoms with Gasteiger partial charge in [0.05, 0.1) is 63.1 Å². The van der Waals surface area contributed by atoms with Crippen LogP contribution in [0, 0.1) is 60.2 Å². The molecule has 7 aliphatic heterocycles. The van der Waals surface area contributed by atoms with E-state index in [1.54, 1.807) is 0 Å². The predicted molar refractivity (Wildman–Crippen MR) is 426 cm³/mol. The molecule has 0 radical (unpaired) electrons. The lowest BCUT2D eigenvalue weighted by Crippen LogP contribution is -2.41. The van der Waals surface area contributed by atoms with Crippen LogP contribution >= 0.6 is 67.8 Å². The third kappa shape index (κ3) is 22.6. The summed E-state index contributed by atoms with van der Waals surface area (Å²) in [6, 6.07) is 26.2. The van der Waals surface area contributed by atoms with Crippen molar-refractivity contribution in [2.24, 2.45) is 17.8 Å². The van der Waals surface area contributed by atoms with E-state index >= 15 is 0 Å². The fourth-order valence-corrected chi connectivity index (χ4v) is 15.1. The second kappa shape index (κ2) is 37.4. The van der Waals surface area contributed by atoms with Crippen LogP contribution in [0.15, 0.2) is 84.9 Å². The van der Waals surface area contributed by atoms with Gasteiger partial charge in [-0.3, -0.25) is 4.79 Å². The number of carbonyl (C=O) groups excluding carboxylic acids is 2. The molecule has 28 heteroatoms. The number of morpholine rings is 3. The Kier molecular flexibility index (Phi) is 29.1. The van der Waals surface area contributed by atoms with Crippen LogP contribution in [0.3, 0.4) is 0 Å². The number of rotatable bonds is 12. The van der Waals surface area contributed by atoms with Gasteiger partial charge >= 0.3 is 13.1 Å². The molecule has 2 unspecified atom stereocenters. The molecular weight excluding hydrogens is 1660 g/mol. The first kappa shape index (κ1) is 80.1. The highest BCUT2D eigenvalue weighted by molar-refractivity contribution is 14.1. The molecule has 0 spiro atoms. The Morgan fingerprint density at radius 1 is 0.515 bits per heavy atom. The molecule has 1 aliphatic carbocycles. The van der Waals surface area contributed by atoms with Gasteiger partial charge in [0.2, 0.25) is 23.8 Å². The smallest absolute Gasteiger partial charge is 0.399 e. The zero-order valence-electron chi connectivity index (χ0n) is 60.4. The number of aliphatic hydroxyl groups is 2. The number of benzene rings is 2. The van der Waals surface area contributed by atoms with E-state index in [9.17, 15) is 33.0 Å². The van der Waals surface area contributed by atoms with Crippen LogP contribution in [-0.4, -0.2) is 196 Å². The van der Waals surface area contributed by atoms with E-state index in [0.29, 0.717) is 60.7 Å². The monoisotopic (exact) mass is 1760 g/mol. The number of aliphatic hydroxyl groups excluding tert-OH is 2. The molecule has 5 atom stereocenters. The molecule has 14 rings (SSSR count). The predicted octanol–water partition coefficient (Wildman–Crippen LogP) is 12.5. The third-order valence-electron chi connectivity index (χ3n) is 20.5. The molecule has 4 N–H and O–H groups in total. The molecule has 11 heterocycles. The minimum Gasteiger partial charge on any atom is -0.399 e. The lowest BCUT2D eigenvalue weighted by Gasteiger charge is -2.32. The van der Waals surface area contributed by atoms with E-state index in [2.05, 4.69) is 177 Å². The number of urea groups is 1. The molecule has 0 bridgehead atoms. The van der Waals surface area contributed by atoms with Crippen molar-refractivity contribution in [3.8, 4) is 11.1 Å². The van der Waals surface area contributed by atoms with Crippen molar-refractivity contribution < 1.29 is 56.5 Å².